The molecule has 0 amide bonds. The van der Waals surface area contributed by atoms with Crippen molar-refractivity contribution in [1.82, 2.24) is 5.32 Å². The maximum atomic E-state index is 13.4. The van der Waals surface area contributed by atoms with Crippen LogP contribution in [-0.4, -0.2) is 17.1 Å². The third-order valence-electron chi connectivity index (χ3n) is 3.70. The van der Waals surface area contributed by atoms with Crippen LogP contribution in [0, 0.1) is 5.82 Å². The molecule has 0 radical (unpaired) electrons. The van der Waals surface area contributed by atoms with Gasteiger partial charge < -0.3 is 5.11 Å². The summed E-state index contributed by atoms with van der Waals surface area (Å²) in [5.41, 5.74) is 2.05. The van der Waals surface area contributed by atoms with Crippen molar-refractivity contribution in [1.29, 1.82) is 0 Å². The fourth-order valence-corrected chi connectivity index (χ4v) is 2.75. The molecule has 2 atom stereocenters. The molecule has 0 saturated heterocycles. The standard InChI is InChI=1S/C15H20FNO2/c1-2-4-14(15(18)19)17-13-6-3-5-10-7-8-11(16)9-12(10)13/h7-9,13-14,17H,2-6H2,1H3,(H,18,19)/t13-,14+/m1/s1. The van der Waals surface area contributed by atoms with E-state index in [1.54, 1.807) is 0 Å². The molecule has 3 nitrogen and oxygen atoms in total. The Morgan fingerprint density at radius 3 is 3.05 bits per heavy atom. The summed E-state index contributed by atoms with van der Waals surface area (Å²) < 4.78 is 13.4. The summed E-state index contributed by atoms with van der Waals surface area (Å²) in [6.07, 6.45) is 4.22. The number of halogens is 1. The van der Waals surface area contributed by atoms with Gasteiger partial charge in [-0.15, -0.1) is 0 Å². The van der Waals surface area contributed by atoms with E-state index in [0.717, 1.165) is 36.8 Å². The number of fused-ring (bicyclic) bond motifs is 1. The van der Waals surface area contributed by atoms with Crippen LogP contribution < -0.4 is 5.32 Å². The number of carbonyl (C=O) groups is 1. The van der Waals surface area contributed by atoms with Gasteiger partial charge in [0.05, 0.1) is 0 Å². The molecular weight excluding hydrogens is 245 g/mol. The van der Waals surface area contributed by atoms with Gasteiger partial charge in [0, 0.05) is 6.04 Å². The van der Waals surface area contributed by atoms with E-state index in [4.69, 9.17) is 0 Å². The fourth-order valence-electron chi connectivity index (χ4n) is 2.75. The van der Waals surface area contributed by atoms with Crippen molar-refractivity contribution in [2.45, 2.75) is 51.1 Å². The average molecular weight is 265 g/mol. The van der Waals surface area contributed by atoms with Crippen molar-refractivity contribution >= 4 is 5.97 Å². The van der Waals surface area contributed by atoms with Crippen LogP contribution in [0.3, 0.4) is 0 Å². The van der Waals surface area contributed by atoms with Gasteiger partial charge in [0.2, 0.25) is 0 Å². The molecule has 0 bridgehead atoms. The highest BCUT2D eigenvalue weighted by atomic mass is 19.1. The molecule has 1 aliphatic carbocycles. The van der Waals surface area contributed by atoms with E-state index in [-0.39, 0.29) is 11.9 Å². The summed E-state index contributed by atoms with van der Waals surface area (Å²) in [6, 6.07) is 4.23. The van der Waals surface area contributed by atoms with Crippen molar-refractivity contribution in [3.8, 4) is 0 Å². The zero-order valence-corrected chi connectivity index (χ0v) is 11.2. The summed E-state index contributed by atoms with van der Waals surface area (Å²) in [6.45, 7) is 1.96. The Balaban J connectivity index is 2.18. The van der Waals surface area contributed by atoms with E-state index in [9.17, 15) is 14.3 Å². The first-order valence-corrected chi connectivity index (χ1v) is 6.89. The van der Waals surface area contributed by atoms with E-state index in [1.807, 2.05) is 13.0 Å². The second-order valence-corrected chi connectivity index (χ2v) is 5.13. The van der Waals surface area contributed by atoms with Gasteiger partial charge in [-0.25, -0.2) is 4.39 Å². The van der Waals surface area contributed by atoms with Crippen LogP contribution in [0.15, 0.2) is 18.2 Å². The summed E-state index contributed by atoms with van der Waals surface area (Å²) in [7, 11) is 0. The lowest BCUT2D eigenvalue weighted by Gasteiger charge is -2.29. The molecule has 0 spiro atoms. The Morgan fingerprint density at radius 2 is 2.37 bits per heavy atom. The van der Waals surface area contributed by atoms with E-state index < -0.39 is 12.0 Å². The minimum Gasteiger partial charge on any atom is -0.480 e. The number of hydrogen-bond acceptors (Lipinski definition) is 2. The molecule has 19 heavy (non-hydrogen) atoms. The van der Waals surface area contributed by atoms with Gasteiger partial charge in [-0.2, -0.15) is 0 Å². The number of carboxylic acid groups (broad SMARTS) is 1. The molecule has 0 saturated carbocycles. The quantitative estimate of drug-likeness (QED) is 0.860. The van der Waals surface area contributed by atoms with Crippen LogP contribution >= 0.6 is 0 Å². The van der Waals surface area contributed by atoms with Crippen LogP contribution in [0.1, 0.15) is 49.8 Å². The molecule has 0 unspecified atom stereocenters. The van der Waals surface area contributed by atoms with Gasteiger partial charge in [-0.3, -0.25) is 10.1 Å². The highest BCUT2D eigenvalue weighted by Crippen LogP contribution is 2.30. The molecule has 1 aromatic rings. The number of benzene rings is 1. The van der Waals surface area contributed by atoms with Crippen LogP contribution in [0.5, 0.6) is 0 Å². The molecule has 2 N–H and O–H groups in total. The monoisotopic (exact) mass is 265 g/mol. The number of aliphatic carboxylic acids is 1. The Morgan fingerprint density at radius 1 is 1.58 bits per heavy atom. The second-order valence-electron chi connectivity index (χ2n) is 5.13. The number of aryl methyl sites for hydroxylation is 1. The zero-order valence-electron chi connectivity index (χ0n) is 11.2. The average Bonchev–Trinajstić information content (AvgIpc) is 2.38. The highest BCUT2D eigenvalue weighted by molar-refractivity contribution is 5.73. The van der Waals surface area contributed by atoms with Crippen LogP contribution in [0.4, 0.5) is 4.39 Å². The molecular formula is C15H20FNO2. The first-order chi connectivity index (χ1) is 9.11. The molecule has 104 valence electrons. The third kappa shape index (κ3) is 3.32. The highest BCUT2D eigenvalue weighted by Gasteiger charge is 2.25. The molecule has 0 aliphatic heterocycles. The van der Waals surface area contributed by atoms with Crippen LogP contribution in [0.25, 0.3) is 0 Å². The maximum Gasteiger partial charge on any atom is 0.320 e. The summed E-state index contributed by atoms with van der Waals surface area (Å²) in [5, 5.41) is 12.4. The largest absolute Gasteiger partial charge is 0.480 e. The molecule has 0 heterocycles. The molecule has 2 rings (SSSR count). The second kappa shape index (κ2) is 6.15. The van der Waals surface area contributed by atoms with Crippen LogP contribution in [-0.2, 0) is 11.2 Å². The van der Waals surface area contributed by atoms with Crippen molar-refractivity contribution in [2.75, 3.05) is 0 Å². The summed E-state index contributed by atoms with van der Waals surface area (Å²) in [5.74, 6) is -1.08. The fraction of sp³-hybridized carbons (Fsp3) is 0.533. The summed E-state index contributed by atoms with van der Waals surface area (Å²) >= 11 is 0. The lowest BCUT2D eigenvalue weighted by molar-refractivity contribution is -0.140. The molecule has 1 aromatic carbocycles. The number of carboxylic acids is 1. The van der Waals surface area contributed by atoms with Crippen molar-refractivity contribution in [3.05, 3.63) is 35.1 Å². The lowest BCUT2D eigenvalue weighted by Crippen LogP contribution is -2.40. The topological polar surface area (TPSA) is 49.3 Å². The van der Waals surface area contributed by atoms with Crippen molar-refractivity contribution < 1.29 is 14.3 Å². The smallest absolute Gasteiger partial charge is 0.320 e. The van der Waals surface area contributed by atoms with Gasteiger partial charge >= 0.3 is 5.97 Å². The van der Waals surface area contributed by atoms with Gasteiger partial charge in [0.1, 0.15) is 11.9 Å². The number of rotatable bonds is 5. The summed E-state index contributed by atoms with van der Waals surface area (Å²) in [4.78, 5) is 11.2. The van der Waals surface area contributed by atoms with Gasteiger partial charge in [0.25, 0.3) is 0 Å². The normalized spacial score (nSPS) is 19.8. The lowest BCUT2D eigenvalue weighted by atomic mass is 9.87. The van der Waals surface area contributed by atoms with E-state index in [1.165, 1.54) is 12.1 Å². The Hall–Kier alpha value is -1.42. The molecule has 1 aliphatic rings. The van der Waals surface area contributed by atoms with E-state index in [0.29, 0.717) is 6.42 Å². The van der Waals surface area contributed by atoms with Crippen molar-refractivity contribution in [2.24, 2.45) is 0 Å². The van der Waals surface area contributed by atoms with Gasteiger partial charge in [-0.1, -0.05) is 19.4 Å². The minimum atomic E-state index is -0.828. The number of nitrogens with one attached hydrogen (secondary N) is 1. The van der Waals surface area contributed by atoms with E-state index in [2.05, 4.69) is 5.32 Å². The first kappa shape index (κ1) is 14.0. The zero-order chi connectivity index (χ0) is 13.8. The number of hydrogen-bond donors (Lipinski definition) is 2. The predicted octanol–water partition coefficient (Wildman–Crippen LogP) is 3.05. The van der Waals surface area contributed by atoms with Crippen LogP contribution in [0.2, 0.25) is 0 Å². The molecule has 4 heteroatoms. The maximum absolute atomic E-state index is 13.4. The third-order valence-corrected chi connectivity index (χ3v) is 3.70. The van der Waals surface area contributed by atoms with E-state index >= 15 is 0 Å². The molecule has 0 aromatic heterocycles. The Kier molecular flexibility index (Phi) is 4.53. The Labute approximate surface area is 112 Å². The first-order valence-electron chi connectivity index (χ1n) is 6.89. The van der Waals surface area contributed by atoms with Gasteiger partial charge in [0.15, 0.2) is 0 Å². The molecule has 0 fully saturated rings. The SMILES string of the molecule is CCC[C@H](N[C@@H]1CCCc2ccc(F)cc21)C(=O)O. The minimum absolute atomic E-state index is 0.0490. The Bertz CT molecular complexity index is 461. The predicted molar refractivity (Wildman–Crippen MR) is 71.5 cm³/mol. The van der Waals surface area contributed by atoms with Gasteiger partial charge in [-0.05, 0) is 48.9 Å². The van der Waals surface area contributed by atoms with Crippen molar-refractivity contribution in [3.63, 3.8) is 0 Å².